The average molecular weight is 456 g/mol. The molecule has 0 saturated carbocycles. The summed E-state index contributed by atoms with van der Waals surface area (Å²) < 4.78 is 4.06. The Labute approximate surface area is 195 Å². The summed E-state index contributed by atoms with van der Waals surface area (Å²) in [5, 5.41) is 1.10. The molecule has 0 aliphatic carbocycles. The molecule has 0 N–H and O–H groups in total. The van der Waals surface area contributed by atoms with E-state index in [1.165, 1.54) is 26.9 Å². The number of nitrogens with zero attached hydrogens (tertiary/aromatic N) is 3. The molecule has 0 unspecified atom stereocenters. The van der Waals surface area contributed by atoms with E-state index >= 15 is 0 Å². The molecule has 0 aliphatic rings. The lowest BCUT2D eigenvalue weighted by Crippen LogP contribution is -2.33. The fraction of sp³-hybridized carbons (Fsp3) is 0.222. The van der Waals surface area contributed by atoms with Gasteiger partial charge < -0.3 is 4.57 Å². The molecule has 0 aliphatic heterocycles. The SMILES string of the molecule is CCc1c(C)nc2s/c(=C\c3c(C)n(Cc4ccccc4)c4c(C)cccc34)c(=O)n2c1=O. The highest BCUT2D eigenvalue weighted by atomic mass is 32.1. The van der Waals surface area contributed by atoms with Crippen LogP contribution in [0.25, 0.3) is 21.9 Å². The maximum absolute atomic E-state index is 13.2. The summed E-state index contributed by atoms with van der Waals surface area (Å²) in [4.78, 5) is 31.1. The highest BCUT2D eigenvalue weighted by molar-refractivity contribution is 7.15. The molecule has 0 amide bonds. The molecule has 0 saturated heterocycles. The van der Waals surface area contributed by atoms with Crippen LogP contribution in [0.4, 0.5) is 0 Å². The summed E-state index contributed by atoms with van der Waals surface area (Å²) in [5.74, 6) is 0. The quantitative estimate of drug-likeness (QED) is 0.409. The molecular formula is C27H25N3O2S. The van der Waals surface area contributed by atoms with Crippen molar-refractivity contribution in [3.8, 4) is 0 Å². The van der Waals surface area contributed by atoms with Crippen molar-refractivity contribution in [1.82, 2.24) is 14.0 Å². The predicted molar refractivity (Wildman–Crippen MR) is 135 cm³/mol. The monoisotopic (exact) mass is 455 g/mol. The summed E-state index contributed by atoms with van der Waals surface area (Å²) in [5.41, 5.74) is 6.42. The largest absolute Gasteiger partial charge is 0.340 e. The van der Waals surface area contributed by atoms with E-state index in [1.807, 2.05) is 32.1 Å². The zero-order valence-corrected chi connectivity index (χ0v) is 20.0. The van der Waals surface area contributed by atoms with Gasteiger partial charge in [-0.2, -0.15) is 0 Å². The summed E-state index contributed by atoms with van der Waals surface area (Å²) in [6, 6.07) is 16.6. The van der Waals surface area contributed by atoms with E-state index in [-0.39, 0.29) is 11.1 Å². The minimum Gasteiger partial charge on any atom is -0.340 e. The van der Waals surface area contributed by atoms with Crippen molar-refractivity contribution in [3.63, 3.8) is 0 Å². The number of para-hydroxylation sites is 1. The van der Waals surface area contributed by atoms with Gasteiger partial charge in [0, 0.05) is 34.4 Å². The third-order valence-corrected chi connectivity index (χ3v) is 7.34. The van der Waals surface area contributed by atoms with Crippen molar-refractivity contribution in [2.24, 2.45) is 0 Å². The van der Waals surface area contributed by atoms with Crippen LogP contribution >= 0.6 is 11.3 Å². The molecule has 33 heavy (non-hydrogen) atoms. The van der Waals surface area contributed by atoms with E-state index < -0.39 is 0 Å². The third-order valence-electron chi connectivity index (χ3n) is 6.37. The zero-order chi connectivity index (χ0) is 23.3. The van der Waals surface area contributed by atoms with Crippen molar-refractivity contribution in [2.45, 2.75) is 40.7 Å². The van der Waals surface area contributed by atoms with Gasteiger partial charge in [0.2, 0.25) is 4.96 Å². The van der Waals surface area contributed by atoms with Crippen LogP contribution in [0.5, 0.6) is 0 Å². The molecule has 3 aromatic heterocycles. The van der Waals surface area contributed by atoms with Gasteiger partial charge in [-0.3, -0.25) is 9.59 Å². The lowest BCUT2D eigenvalue weighted by atomic mass is 10.1. The molecule has 3 heterocycles. The average Bonchev–Trinajstić information content (AvgIpc) is 3.24. The molecule has 0 atom stereocenters. The second-order valence-electron chi connectivity index (χ2n) is 8.41. The van der Waals surface area contributed by atoms with Gasteiger partial charge in [-0.15, -0.1) is 0 Å². The van der Waals surface area contributed by atoms with E-state index in [4.69, 9.17) is 0 Å². The molecule has 166 valence electrons. The topological polar surface area (TPSA) is 56.4 Å². The molecule has 0 spiro atoms. The Morgan fingerprint density at radius 2 is 1.73 bits per heavy atom. The van der Waals surface area contributed by atoms with E-state index in [2.05, 4.69) is 59.8 Å². The van der Waals surface area contributed by atoms with Gasteiger partial charge in [-0.05, 0) is 44.4 Å². The van der Waals surface area contributed by atoms with Gasteiger partial charge in [0.15, 0.2) is 0 Å². The molecule has 6 heteroatoms. The lowest BCUT2D eigenvalue weighted by molar-refractivity contribution is 0.801. The highest BCUT2D eigenvalue weighted by Crippen LogP contribution is 2.30. The zero-order valence-electron chi connectivity index (χ0n) is 19.2. The Balaban J connectivity index is 1.79. The first-order valence-electron chi connectivity index (χ1n) is 11.1. The Bertz CT molecular complexity index is 1690. The Morgan fingerprint density at radius 3 is 2.45 bits per heavy atom. The van der Waals surface area contributed by atoms with Crippen LogP contribution in [-0.2, 0) is 13.0 Å². The smallest absolute Gasteiger partial charge is 0.277 e. The molecule has 0 bridgehead atoms. The number of benzene rings is 2. The molecular weight excluding hydrogens is 430 g/mol. The van der Waals surface area contributed by atoms with E-state index in [1.54, 1.807) is 0 Å². The van der Waals surface area contributed by atoms with Crippen LogP contribution < -0.4 is 15.7 Å². The Morgan fingerprint density at radius 1 is 0.970 bits per heavy atom. The first-order valence-corrected chi connectivity index (χ1v) is 11.9. The number of aromatic nitrogens is 3. The van der Waals surface area contributed by atoms with Crippen molar-refractivity contribution in [3.05, 3.63) is 107 Å². The predicted octanol–water partition coefficient (Wildman–Crippen LogP) is 4.15. The number of rotatable bonds is 4. The summed E-state index contributed by atoms with van der Waals surface area (Å²) in [7, 11) is 0. The first kappa shape index (κ1) is 21.3. The normalized spacial score (nSPS) is 12.3. The number of aryl methyl sites for hydroxylation is 2. The number of hydrogen-bond donors (Lipinski definition) is 0. The van der Waals surface area contributed by atoms with Gasteiger partial charge in [-0.25, -0.2) is 9.38 Å². The fourth-order valence-electron chi connectivity index (χ4n) is 4.66. The van der Waals surface area contributed by atoms with E-state index in [9.17, 15) is 9.59 Å². The van der Waals surface area contributed by atoms with Gasteiger partial charge in [-0.1, -0.05) is 66.8 Å². The Kier molecular flexibility index (Phi) is 5.25. The summed E-state index contributed by atoms with van der Waals surface area (Å²) >= 11 is 1.28. The van der Waals surface area contributed by atoms with Crippen LogP contribution in [0.15, 0.2) is 58.1 Å². The number of fused-ring (bicyclic) bond motifs is 2. The minimum absolute atomic E-state index is 0.250. The second kappa shape index (κ2) is 8.12. The van der Waals surface area contributed by atoms with Crippen molar-refractivity contribution >= 4 is 33.3 Å². The lowest BCUT2D eigenvalue weighted by Gasteiger charge is -2.10. The number of hydrogen-bond acceptors (Lipinski definition) is 4. The Hall–Kier alpha value is -3.51. The summed E-state index contributed by atoms with van der Waals surface area (Å²) in [6.45, 7) is 8.70. The maximum Gasteiger partial charge on any atom is 0.277 e. The van der Waals surface area contributed by atoms with Gasteiger partial charge >= 0.3 is 0 Å². The van der Waals surface area contributed by atoms with Crippen molar-refractivity contribution in [2.75, 3.05) is 0 Å². The molecule has 0 radical (unpaired) electrons. The van der Waals surface area contributed by atoms with Crippen LogP contribution in [0, 0.1) is 20.8 Å². The van der Waals surface area contributed by atoms with Crippen LogP contribution in [-0.4, -0.2) is 14.0 Å². The van der Waals surface area contributed by atoms with Crippen LogP contribution in [0.1, 0.15) is 40.6 Å². The van der Waals surface area contributed by atoms with Crippen LogP contribution in [0.2, 0.25) is 0 Å². The van der Waals surface area contributed by atoms with Gasteiger partial charge in [0.25, 0.3) is 11.1 Å². The van der Waals surface area contributed by atoms with Gasteiger partial charge in [0.05, 0.1) is 10.0 Å². The van der Waals surface area contributed by atoms with E-state index in [0.29, 0.717) is 27.2 Å². The number of thiazole rings is 1. The first-order chi connectivity index (χ1) is 15.9. The third kappa shape index (κ3) is 3.42. The second-order valence-corrected chi connectivity index (χ2v) is 9.42. The molecule has 2 aromatic carbocycles. The molecule has 5 nitrogen and oxygen atoms in total. The summed E-state index contributed by atoms with van der Waals surface area (Å²) in [6.07, 6.45) is 2.49. The molecule has 5 aromatic rings. The maximum atomic E-state index is 13.2. The van der Waals surface area contributed by atoms with Gasteiger partial charge in [0.1, 0.15) is 0 Å². The fourth-order valence-corrected chi connectivity index (χ4v) is 5.65. The van der Waals surface area contributed by atoms with E-state index in [0.717, 1.165) is 28.7 Å². The molecule has 0 fully saturated rings. The van der Waals surface area contributed by atoms with Crippen molar-refractivity contribution in [1.29, 1.82) is 0 Å². The minimum atomic E-state index is -0.293. The van der Waals surface area contributed by atoms with Crippen LogP contribution in [0.3, 0.4) is 0 Å². The van der Waals surface area contributed by atoms with Crippen molar-refractivity contribution < 1.29 is 0 Å². The highest BCUT2D eigenvalue weighted by Gasteiger charge is 2.17. The molecule has 5 rings (SSSR count). The standard InChI is InChI=1S/C27H25N3O2S/c1-5-20-17(3)28-27-30(25(20)31)26(32)23(33-27)14-22-18(4)29(15-19-11-7-6-8-12-19)24-16(2)10-9-13-21(22)24/h6-14H,5,15H2,1-4H3/b23-14-.